The molecule has 0 saturated carbocycles. The fourth-order valence-electron chi connectivity index (χ4n) is 11.1. The van der Waals surface area contributed by atoms with E-state index in [1.807, 2.05) is 12.1 Å². The van der Waals surface area contributed by atoms with Crippen molar-refractivity contribution in [3.8, 4) is 23.1 Å². The first-order valence-electron chi connectivity index (χ1n) is 22.5. The van der Waals surface area contributed by atoms with Gasteiger partial charge in [0.05, 0.1) is 50.4 Å². The van der Waals surface area contributed by atoms with Crippen molar-refractivity contribution in [2.45, 2.75) is 0 Å². The number of fused-ring (bicyclic) bond motifs is 9. The molecule has 0 amide bonds. The van der Waals surface area contributed by atoms with Crippen LogP contribution in [0, 0.1) is 11.3 Å². The van der Waals surface area contributed by atoms with E-state index in [2.05, 4.69) is 250 Å². The van der Waals surface area contributed by atoms with E-state index in [1.165, 1.54) is 47.7 Å². The Morgan fingerprint density at radius 3 is 1.42 bits per heavy atom. The average molecular weight is 857 g/mol. The molecule has 308 valence electrons. The molecule has 0 aliphatic carbocycles. The molecule has 10 aromatic carbocycles. The minimum atomic E-state index is -2.79. The number of aromatic nitrogens is 3. The van der Waals surface area contributed by atoms with E-state index < -0.39 is 8.07 Å². The molecule has 0 N–H and O–H groups in total. The molecule has 13 rings (SSSR count). The summed E-state index contributed by atoms with van der Waals surface area (Å²) in [7, 11) is -2.79. The van der Waals surface area contributed by atoms with Gasteiger partial charge >= 0.3 is 0 Å². The Kier molecular flexibility index (Phi) is 8.57. The molecule has 0 atom stereocenters. The van der Waals surface area contributed by atoms with Crippen LogP contribution in [0.2, 0.25) is 0 Å². The second-order valence-electron chi connectivity index (χ2n) is 17.2. The highest BCUT2D eigenvalue weighted by atomic mass is 28.3. The Hall–Kier alpha value is -8.69. The van der Waals surface area contributed by atoms with E-state index in [0.717, 1.165) is 55.5 Å². The normalized spacial score (nSPS) is 11.9. The summed E-state index contributed by atoms with van der Waals surface area (Å²) in [6.45, 7) is 0. The molecule has 0 aliphatic heterocycles. The first-order chi connectivity index (χ1) is 32.7. The van der Waals surface area contributed by atoms with E-state index in [4.69, 9.17) is 0 Å². The molecule has 0 unspecified atom stereocenters. The Morgan fingerprint density at radius 2 is 0.773 bits per heavy atom. The van der Waals surface area contributed by atoms with Gasteiger partial charge in [0.1, 0.15) is 0 Å². The number of rotatable bonds is 7. The monoisotopic (exact) mass is 856 g/mol. The lowest BCUT2D eigenvalue weighted by molar-refractivity contribution is 1.16. The third-order valence-electron chi connectivity index (χ3n) is 13.8. The van der Waals surface area contributed by atoms with Crippen molar-refractivity contribution < 1.29 is 0 Å². The topological polar surface area (TPSA) is 38.6 Å². The fraction of sp³-hybridized carbons (Fsp3) is 0. The number of para-hydroxylation sites is 3. The smallest absolute Gasteiger partial charge is 0.179 e. The van der Waals surface area contributed by atoms with Crippen LogP contribution in [0.25, 0.3) is 82.5 Å². The van der Waals surface area contributed by atoms with Gasteiger partial charge in [-0.25, -0.2) is 0 Å². The van der Waals surface area contributed by atoms with E-state index >= 15 is 0 Å². The van der Waals surface area contributed by atoms with Crippen LogP contribution >= 0.6 is 0 Å². The summed E-state index contributed by atoms with van der Waals surface area (Å²) in [5.41, 5.74) is 10.7. The largest absolute Gasteiger partial charge is 0.309 e. The predicted octanol–water partition coefficient (Wildman–Crippen LogP) is 12.2. The summed E-state index contributed by atoms with van der Waals surface area (Å²) in [4.78, 5) is 0. The molecule has 0 saturated heterocycles. The number of hydrogen-bond acceptors (Lipinski definition) is 1. The lowest BCUT2D eigenvalue weighted by Gasteiger charge is -2.34. The van der Waals surface area contributed by atoms with Gasteiger partial charge in [-0.15, -0.1) is 0 Å². The van der Waals surface area contributed by atoms with Crippen LogP contribution in [0.4, 0.5) is 0 Å². The van der Waals surface area contributed by atoms with Crippen molar-refractivity contribution in [3.05, 3.63) is 248 Å². The van der Waals surface area contributed by atoms with E-state index in [-0.39, 0.29) is 0 Å². The van der Waals surface area contributed by atoms with Crippen LogP contribution in [0.15, 0.2) is 243 Å². The fourth-order valence-corrected chi connectivity index (χ4v) is 15.9. The van der Waals surface area contributed by atoms with Crippen LogP contribution in [0.5, 0.6) is 0 Å². The summed E-state index contributed by atoms with van der Waals surface area (Å²) in [5, 5.41) is 22.4. The van der Waals surface area contributed by atoms with Crippen molar-refractivity contribution >= 4 is 94.2 Å². The Balaban J connectivity index is 1.05. The van der Waals surface area contributed by atoms with Gasteiger partial charge in [0.15, 0.2) is 8.07 Å². The number of nitriles is 1. The van der Waals surface area contributed by atoms with Crippen LogP contribution < -0.4 is 20.7 Å². The molecule has 5 heteroatoms. The highest BCUT2D eigenvalue weighted by molar-refractivity contribution is 7.19. The van der Waals surface area contributed by atoms with Gasteiger partial charge in [-0.1, -0.05) is 170 Å². The maximum Gasteiger partial charge on any atom is 0.179 e. The molecule has 4 nitrogen and oxygen atoms in total. The van der Waals surface area contributed by atoms with Gasteiger partial charge < -0.3 is 13.7 Å². The van der Waals surface area contributed by atoms with Crippen molar-refractivity contribution in [2.24, 2.45) is 0 Å². The van der Waals surface area contributed by atoms with Crippen molar-refractivity contribution in [3.63, 3.8) is 0 Å². The highest BCUT2D eigenvalue weighted by Gasteiger charge is 2.41. The quantitative estimate of drug-likeness (QED) is 0.116. The van der Waals surface area contributed by atoms with Crippen molar-refractivity contribution in [2.75, 3.05) is 0 Å². The van der Waals surface area contributed by atoms with Gasteiger partial charge in [-0.3, -0.25) is 0 Å². The first kappa shape index (κ1) is 37.8. The minimum absolute atomic E-state index is 0.646. The van der Waals surface area contributed by atoms with Crippen LogP contribution in [-0.2, 0) is 0 Å². The van der Waals surface area contributed by atoms with Gasteiger partial charge in [0, 0.05) is 43.7 Å². The average Bonchev–Trinajstić information content (AvgIpc) is 4.03. The summed E-state index contributed by atoms with van der Waals surface area (Å²) in [6, 6.07) is 91.0. The van der Waals surface area contributed by atoms with Gasteiger partial charge in [0.2, 0.25) is 0 Å². The maximum atomic E-state index is 9.92. The minimum Gasteiger partial charge on any atom is -0.309 e. The molecule has 66 heavy (non-hydrogen) atoms. The molecule has 13 aromatic rings. The number of benzene rings is 10. The molecular formula is C61H40N4Si. The molecule has 0 bridgehead atoms. The molecule has 3 aromatic heterocycles. The standard InChI is InChI=1S/C61H40N4Si/c62-41-42-34-36-51-49-26-10-13-29-54(49)64(60(51)38-42)44-35-37-57-53(40-44)50-27-11-14-30-55(50)65(57)59-33-17-32-58-61(59)52-28-12-15-31-56(52)63(58)43-18-16-25-48(39-43)66(45-19-4-1-5-20-45,46-21-6-2-7-22-46)47-23-8-3-9-24-47/h1-40H. The summed E-state index contributed by atoms with van der Waals surface area (Å²) in [5.74, 6) is 0. The lowest BCUT2D eigenvalue weighted by Crippen LogP contribution is -2.74. The van der Waals surface area contributed by atoms with Crippen LogP contribution in [0.1, 0.15) is 5.56 Å². The molecule has 0 fully saturated rings. The van der Waals surface area contributed by atoms with Crippen molar-refractivity contribution in [1.82, 2.24) is 13.7 Å². The van der Waals surface area contributed by atoms with E-state index in [1.54, 1.807) is 0 Å². The number of nitrogens with zero attached hydrogens (tertiary/aromatic N) is 4. The van der Waals surface area contributed by atoms with Gasteiger partial charge in [0.25, 0.3) is 0 Å². The van der Waals surface area contributed by atoms with Crippen LogP contribution in [0.3, 0.4) is 0 Å². The molecular weight excluding hydrogens is 817 g/mol. The second-order valence-corrected chi connectivity index (χ2v) is 21.0. The summed E-state index contributed by atoms with van der Waals surface area (Å²) < 4.78 is 7.24. The molecule has 0 radical (unpaired) electrons. The van der Waals surface area contributed by atoms with E-state index in [0.29, 0.717) is 5.56 Å². The van der Waals surface area contributed by atoms with Crippen LogP contribution in [-0.4, -0.2) is 21.8 Å². The zero-order chi connectivity index (χ0) is 43.8. The summed E-state index contributed by atoms with van der Waals surface area (Å²) in [6.07, 6.45) is 0. The van der Waals surface area contributed by atoms with Gasteiger partial charge in [-0.05, 0) is 93.5 Å². The lowest BCUT2D eigenvalue weighted by atomic mass is 10.1. The highest BCUT2D eigenvalue weighted by Crippen LogP contribution is 2.41. The molecule has 0 aliphatic rings. The van der Waals surface area contributed by atoms with Gasteiger partial charge in [-0.2, -0.15) is 5.26 Å². The second kappa shape index (κ2) is 15.0. The van der Waals surface area contributed by atoms with E-state index in [9.17, 15) is 5.26 Å². The molecule has 3 heterocycles. The third-order valence-corrected chi connectivity index (χ3v) is 18.6. The predicted molar refractivity (Wildman–Crippen MR) is 278 cm³/mol. The zero-order valence-corrected chi connectivity index (χ0v) is 36.9. The Bertz CT molecular complexity index is 3960. The maximum absolute atomic E-state index is 9.92. The first-order valence-corrected chi connectivity index (χ1v) is 24.5. The van der Waals surface area contributed by atoms with Crippen molar-refractivity contribution in [1.29, 1.82) is 5.26 Å². The number of hydrogen-bond donors (Lipinski definition) is 0. The Labute approximate surface area is 382 Å². The molecule has 0 spiro atoms. The zero-order valence-electron chi connectivity index (χ0n) is 35.9. The Morgan fingerprint density at radius 1 is 0.303 bits per heavy atom. The third kappa shape index (κ3) is 5.49. The summed E-state index contributed by atoms with van der Waals surface area (Å²) >= 11 is 0. The SMILES string of the molecule is N#Cc1ccc2c3ccccc3n(-c3ccc4c(c3)c3ccccc3n4-c3cccc4c3c3ccccc3n4-c3cccc([Si](c4ccccc4)(c4ccccc4)c4ccccc4)c3)c2c1.